The molecule has 0 unspecified atom stereocenters. The molecular formula is C15H18N2O4. The number of benzene rings is 1. The van der Waals surface area contributed by atoms with Gasteiger partial charge in [-0.2, -0.15) is 0 Å². The predicted molar refractivity (Wildman–Crippen MR) is 76.3 cm³/mol. The Labute approximate surface area is 123 Å². The minimum Gasteiger partial charge on any atom is -0.452 e. The van der Waals surface area contributed by atoms with Crippen molar-refractivity contribution in [2.75, 3.05) is 11.9 Å². The molecule has 6 nitrogen and oxygen atoms in total. The van der Waals surface area contributed by atoms with Gasteiger partial charge in [0.1, 0.15) is 0 Å². The minimum absolute atomic E-state index is 0.159. The van der Waals surface area contributed by atoms with Crippen LogP contribution in [0.4, 0.5) is 5.69 Å². The average Bonchev–Trinajstić information content (AvgIpc) is 2.73. The predicted octanol–water partition coefficient (Wildman–Crippen LogP) is 1.31. The Kier molecular flexibility index (Phi) is 4.57. The van der Waals surface area contributed by atoms with Crippen molar-refractivity contribution in [2.24, 2.45) is 0 Å². The highest BCUT2D eigenvalue weighted by Gasteiger charge is 2.34. The van der Waals surface area contributed by atoms with Gasteiger partial charge in [-0.15, -0.1) is 0 Å². The van der Waals surface area contributed by atoms with Gasteiger partial charge in [0.05, 0.1) is 0 Å². The van der Waals surface area contributed by atoms with Gasteiger partial charge < -0.3 is 15.0 Å². The van der Waals surface area contributed by atoms with Crippen molar-refractivity contribution in [1.82, 2.24) is 4.90 Å². The lowest BCUT2D eigenvalue weighted by molar-refractivity contribution is -0.154. The molecule has 1 aliphatic rings. The minimum atomic E-state index is -0.685. The van der Waals surface area contributed by atoms with Crippen molar-refractivity contribution in [3.8, 4) is 0 Å². The molecule has 0 aromatic heterocycles. The van der Waals surface area contributed by atoms with E-state index in [9.17, 15) is 14.4 Å². The van der Waals surface area contributed by atoms with E-state index < -0.39 is 12.1 Å². The molecule has 0 bridgehead atoms. The van der Waals surface area contributed by atoms with Crippen molar-refractivity contribution in [1.29, 1.82) is 0 Å². The molecule has 0 spiro atoms. The lowest BCUT2D eigenvalue weighted by atomic mass is 10.1. The first kappa shape index (κ1) is 15.0. The van der Waals surface area contributed by atoms with Gasteiger partial charge in [-0.1, -0.05) is 18.2 Å². The topological polar surface area (TPSA) is 75.7 Å². The molecule has 112 valence electrons. The molecule has 1 fully saturated rings. The zero-order valence-electron chi connectivity index (χ0n) is 12.1. The number of esters is 1. The van der Waals surface area contributed by atoms with E-state index in [2.05, 4.69) is 5.32 Å². The molecule has 6 heteroatoms. The second-order valence-corrected chi connectivity index (χ2v) is 4.98. The number of hydrogen-bond donors (Lipinski definition) is 1. The summed E-state index contributed by atoms with van der Waals surface area (Å²) in [6.45, 7) is 3.65. The normalized spacial score (nSPS) is 17.7. The Balaban J connectivity index is 2.07. The molecule has 0 radical (unpaired) electrons. The SMILES string of the molecule is CC(=O)Nc1ccccc1CN1CC[C@@H](OC(C)=O)C1=O. The Bertz CT molecular complexity index is 571. The van der Waals surface area contributed by atoms with Crippen LogP contribution in [0.5, 0.6) is 0 Å². The maximum Gasteiger partial charge on any atom is 0.303 e. The molecule has 1 aliphatic heterocycles. The van der Waals surface area contributed by atoms with Crippen molar-refractivity contribution < 1.29 is 19.1 Å². The van der Waals surface area contributed by atoms with Crippen LogP contribution in [-0.2, 0) is 25.7 Å². The molecule has 1 aromatic rings. The maximum atomic E-state index is 12.1. The molecule has 2 rings (SSSR count). The van der Waals surface area contributed by atoms with Crippen LogP contribution in [0.25, 0.3) is 0 Å². The summed E-state index contributed by atoms with van der Waals surface area (Å²) in [5, 5.41) is 2.74. The van der Waals surface area contributed by atoms with Crippen molar-refractivity contribution >= 4 is 23.5 Å². The number of likely N-dealkylation sites (tertiary alicyclic amines) is 1. The summed E-state index contributed by atoms with van der Waals surface area (Å²) >= 11 is 0. The third kappa shape index (κ3) is 3.81. The van der Waals surface area contributed by atoms with Gasteiger partial charge in [0, 0.05) is 39.0 Å². The number of nitrogens with one attached hydrogen (secondary N) is 1. The molecule has 21 heavy (non-hydrogen) atoms. The Morgan fingerprint density at radius 2 is 2.05 bits per heavy atom. The van der Waals surface area contributed by atoms with E-state index in [1.807, 2.05) is 18.2 Å². The maximum absolute atomic E-state index is 12.1. The van der Waals surface area contributed by atoms with E-state index in [-0.39, 0.29) is 11.8 Å². The van der Waals surface area contributed by atoms with Gasteiger partial charge in [0.2, 0.25) is 5.91 Å². The summed E-state index contributed by atoms with van der Waals surface area (Å²) in [4.78, 5) is 35.9. The highest BCUT2D eigenvalue weighted by atomic mass is 16.5. The number of rotatable bonds is 4. The highest BCUT2D eigenvalue weighted by molar-refractivity contribution is 5.90. The van der Waals surface area contributed by atoms with E-state index >= 15 is 0 Å². The van der Waals surface area contributed by atoms with Gasteiger partial charge in [-0.05, 0) is 11.6 Å². The summed E-state index contributed by atoms with van der Waals surface area (Å²) in [5.41, 5.74) is 1.54. The number of ether oxygens (including phenoxy) is 1. The first-order valence-corrected chi connectivity index (χ1v) is 6.79. The van der Waals surface area contributed by atoms with Crippen LogP contribution in [0.2, 0.25) is 0 Å². The number of anilines is 1. The fraction of sp³-hybridized carbons (Fsp3) is 0.400. The van der Waals surface area contributed by atoms with Crippen LogP contribution in [0, 0.1) is 0 Å². The molecule has 1 N–H and O–H groups in total. The summed E-state index contributed by atoms with van der Waals surface area (Å²) < 4.78 is 4.99. The zero-order chi connectivity index (χ0) is 15.4. The average molecular weight is 290 g/mol. The molecule has 1 aromatic carbocycles. The molecule has 1 heterocycles. The molecule has 0 aliphatic carbocycles. The third-order valence-electron chi connectivity index (χ3n) is 3.25. The smallest absolute Gasteiger partial charge is 0.303 e. The zero-order valence-corrected chi connectivity index (χ0v) is 12.1. The van der Waals surface area contributed by atoms with E-state index in [4.69, 9.17) is 4.74 Å². The molecule has 0 saturated carbocycles. The summed E-state index contributed by atoms with van der Waals surface area (Å²) in [7, 11) is 0. The van der Waals surface area contributed by atoms with E-state index in [1.165, 1.54) is 13.8 Å². The number of carbonyl (C=O) groups is 3. The quantitative estimate of drug-likeness (QED) is 0.848. The van der Waals surface area contributed by atoms with E-state index in [0.717, 1.165) is 5.56 Å². The number of hydrogen-bond acceptors (Lipinski definition) is 4. The van der Waals surface area contributed by atoms with Crippen LogP contribution in [-0.4, -0.2) is 35.3 Å². The monoisotopic (exact) mass is 290 g/mol. The Hall–Kier alpha value is -2.37. The van der Waals surface area contributed by atoms with Crippen LogP contribution in [0.1, 0.15) is 25.8 Å². The second-order valence-electron chi connectivity index (χ2n) is 4.98. The van der Waals surface area contributed by atoms with Crippen molar-refractivity contribution in [3.05, 3.63) is 29.8 Å². The Morgan fingerprint density at radius 3 is 2.71 bits per heavy atom. The van der Waals surface area contributed by atoms with Crippen molar-refractivity contribution in [2.45, 2.75) is 32.9 Å². The van der Waals surface area contributed by atoms with Gasteiger partial charge >= 0.3 is 5.97 Å². The fourth-order valence-electron chi connectivity index (χ4n) is 2.35. The van der Waals surface area contributed by atoms with Gasteiger partial charge in [0.25, 0.3) is 5.91 Å². The number of carbonyl (C=O) groups excluding carboxylic acids is 3. The van der Waals surface area contributed by atoms with Crippen LogP contribution < -0.4 is 5.32 Å². The summed E-state index contributed by atoms with van der Waals surface area (Å²) in [5.74, 6) is -0.801. The second kappa shape index (κ2) is 6.39. The third-order valence-corrected chi connectivity index (χ3v) is 3.25. The van der Waals surface area contributed by atoms with Crippen LogP contribution in [0.15, 0.2) is 24.3 Å². The molecule has 1 atom stereocenters. The first-order chi connectivity index (χ1) is 9.97. The first-order valence-electron chi connectivity index (χ1n) is 6.79. The number of amides is 2. The Morgan fingerprint density at radius 1 is 1.33 bits per heavy atom. The standard InChI is InChI=1S/C15H18N2O4/c1-10(18)16-13-6-4-3-5-12(13)9-17-8-7-14(15(17)20)21-11(2)19/h3-6,14H,7-9H2,1-2H3,(H,16,18)/t14-/m1/s1. The van der Waals surface area contributed by atoms with Gasteiger partial charge in [-0.25, -0.2) is 0 Å². The van der Waals surface area contributed by atoms with Crippen LogP contribution in [0.3, 0.4) is 0 Å². The molecular weight excluding hydrogens is 272 g/mol. The highest BCUT2D eigenvalue weighted by Crippen LogP contribution is 2.22. The molecule has 1 saturated heterocycles. The summed E-state index contributed by atoms with van der Waals surface area (Å²) in [6, 6.07) is 7.32. The largest absolute Gasteiger partial charge is 0.452 e. The van der Waals surface area contributed by atoms with E-state index in [0.29, 0.717) is 25.2 Å². The van der Waals surface area contributed by atoms with Gasteiger partial charge in [-0.3, -0.25) is 14.4 Å². The summed E-state index contributed by atoms with van der Waals surface area (Å²) in [6.07, 6.45) is -0.184. The number of nitrogens with zero attached hydrogens (tertiary/aromatic N) is 1. The van der Waals surface area contributed by atoms with Gasteiger partial charge in [0.15, 0.2) is 6.10 Å². The number of para-hydroxylation sites is 1. The lowest BCUT2D eigenvalue weighted by Gasteiger charge is -2.18. The molecule has 2 amide bonds. The fourth-order valence-corrected chi connectivity index (χ4v) is 2.35. The van der Waals surface area contributed by atoms with Crippen molar-refractivity contribution in [3.63, 3.8) is 0 Å². The van der Waals surface area contributed by atoms with E-state index in [1.54, 1.807) is 11.0 Å². The lowest BCUT2D eigenvalue weighted by Crippen LogP contribution is -2.31. The van der Waals surface area contributed by atoms with Crippen LogP contribution >= 0.6 is 0 Å².